The van der Waals surface area contributed by atoms with E-state index in [-0.39, 0.29) is 25.9 Å². The van der Waals surface area contributed by atoms with Gasteiger partial charge in [0.1, 0.15) is 0 Å². The van der Waals surface area contributed by atoms with E-state index in [1.165, 1.54) is 4.90 Å². The quantitative estimate of drug-likeness (QED) is 0.874. The van der Waals surface area contributed by atoms with Crippen molar-refractivity contribution < 1.29 is 19.8 Å². The molecule has 6 heteroatoms. The normalized spacial score (nSPS) is 18.1. The predicted octanol–water partition coefficient (Wildman–Crippen LogP) is 2.44. The molecule has 5 nitrogen and oxygen atoms in total. The molecule has 0 unspecified atom stereocenters. The summed E-state index contributed by atoms with van der Waals surface area (Å²) in [5.74, 6) is -0.917. The average molecular weight is 284 g/mol. The average Bonchev–Trinajstić information content (AvgIpc) is 2.39. The van der Waals surface area contributed by atoms with Gasteiger partial charge in [0.25, 0.3) is 0 Å². The molecule has 1 heterocycles. The van der Waals surface area contributed by atoms with E-state index in [1.54, 1.807) is 24.3 Å². The maximum atomic E-state index is 11.6. The summed E-state index contributed by atoms with van der Waals surface area (Å²) in [6.07, 6.45) is -0.456. The van der Waals surface area contributed by atoms with E-state index in [0.717, 1.165) is 0 Å². The van der Waals surface area contributed by atoms with Gasteiger partial charge in [-0.3, -0.25) is 4.79 Å². The number of carbonyl (C=O) groups is 2. The van der Waals surface area contributed by atoms with Gasteiger partial charge in [-0.05, 0) is 30.5 Å². The van der Waals surface area contributed by atoms with Crippen LogP contribution in [0.3, 0.4) is 0 Å². The van der Waals surface area contributed by atoms with Crippen LogP contribution in [0.2, 0.25) is 5.02 Å². The lowest BCUT2D eigenvalue weighted by Crippen LogP contribution is -2.48. The van der Waals surface area contributed by atoms with Crippen LogP contribution in [0, 0.1) is 0 Å². The molecule has 1 amide bonds. The van der Waals surface area contributed by atoms with Crippen LogP contribution >= 0.6 is 11.6 Å². The minimum atomic E-state index is -1.02. The zero-order chi connectivity index (χ0) is 14.0. The van der Waals surface area contributed by atoms with Gasteiger partial charge in [-0.25, -0.2) is 4.79 Å². The monoisotopic (exact) mass is 283 g/mol. The molecule has 0 aromatic heterocycles. The van der Waals surface area contributed by atoms with Crippen molar-refractivity contribution in [2.75, 3.05) is 13.1 Å². The third kappa shape index (κ3) is 2.51. The number of halogens is 1. The molecule has 0 radical (unpaired) electrons. The molecule has 1 fully saturated rings. The number of aliphatic carboxylic acids is 1. The third-order valence-electron chi connectivity index (χ3n) is 3.69. The van der Waals surface area contributed by atoms with Crippen molar-refractivity contribution in [2.45, 2.75) is 18.3 Å². The molecule has 1 saturated heterocycles. The van der Waals surface area contributed by atoms with Crippen LogP contribution in [-0.2, 0) is 10.2 Å². The van der Waals surface area contributed by atoms with E-state index in [4.69, 9.17) is 16.7 Å². The Kier molecular flexibility index (Phi) is 3.66. The molecule has 1 aliphatic rings. The number of rotatable bonds is 2. The van der Waals surface area contributed by atoms with E-state index < -0.39 is 17.5 Å². The molecule has 0 bridgehead atoms. The Hall–Kier alpha value is -1.75. The summed E-state index contributed by atoms with van der Waals surface area (Å²) in [5, 5.41) is 19.0. The van der Waals surface area contributed by atoms with Crippen LogP contribution in [0.25, 0.3) is 0 Å². The summed E-state index contributed by atoms with van der Waals surface area (Å²) < 4.78 is 0. The van der Waals surface area contributed by atoms with Gasteiger partial charge in [0.15, 0.2) is 0 Å². The van der Waals surface area contributed by atoms with Gasteiger partial charge in [0, 0.05) is 18.1 Å². The van der Waals surface area contributed by atoms with E-state index in [9.17, 15) is 14.7 Å². The molecule has 0 atom stereocenters. The van der Waals surface area contributed by atoms with Crippen LogP contribution in [0.5, 0.6) is 0 Å². The number of nitrogens with zero attached hydrogens (tertiary/aromatic N) is 1. The molecule has 0 aliphatic carbocycles. The number of carboxylic acid groups (broad SMARTS) is 2. The van der Waals surface area contributed by atoms with Crippen LogP contribution in [-0.4, -0.2) is 40.3 Å². The second kappa shape index (κ2) is 5.09. The summed E-state index contributed by atoms with van der Waals surface area (Å²) in [5.41, 5.74) is -0.342. The second-order valence-corrected chi connectivity index (χ2v) is 5.10. The molecule has 2 rings (SSSR count). The number of carboxylic acids is 1. The third-order valence-corrected chi connectivity index (χ3v) is 3.95. The zero-order valence-corrected chi connectivity index (χ0v) is 10.9. The van der Waals surface area contributed by atoms with E-state index in [1.807, 2.05) is 0 Å². The molecule has 1 aliphatic heterocycles. The molecular formula is C13H14ClNO4. The van der Waals surface area contributed by atoms with Gasteiger partial charge in [-0.1, -0.05) is 23.7 Å². The van der Waals surface area contributed by atoms with Gasteiger partial charge in [0.05, 0.1) is 5.41 Å². The number of likely N-dealkylation sites (tertiary alicyclic amines) is 1. The molecule has 0 spiro atoms. The maximum absolute atomic E-state index is 11.6. The number of hydrogen-bond donors (Lipinski definition) is 2. The van der Waals surface area contributed by atoms with Crippen molar-refractivity contribution in [3.8, 4) is 0 Å². The van der Waals surface area contributed by atoms with Gasteiger partial charge < -0.3 is 15.1 Å². The first-order chi connectivity index (χ1) is 8.95. The fraction of sp³-hybridized carbons (Fsp3) is 0.385. The highest BCUT2D eigenvalue weighted by Gasteiger charge is 2.43. The molecule has 0 saturated carbocycles. The Balaban J connectivity index is 2.28. The maximum Gasteiger partial charge on any atom is 0.407 e. The van der Waals surface area contributed by atoms with E-state index in [0.29, 0.717) is 10.6 Å². The highest BCUT2D eigenvalue weighted by molar-refractivity contribution is 6.30. The van der Waals surface area contributed by atoms with Crippen molar-refractivity contribution in [1.29, 1.82) is 0 Å². The largest absolute Gasteiger partial charge is 0.481 e. The van der Waals surface area contributed by atoms with E-state index in [2.05, 4.69) is 0 Å². The smallest absolute Gasteiger partial charge is 0.407 e. The second-order valence-electron chi connectivity index (χ2n) is 4.66. The number of amides is 1. The highest BCUT2D eigenvalue weighted by atomic mass is 35.5. The Morgan fingerprint density at radius 2 is 1.63 bits per heavy atom. The molecule has 19 heavy (non-hydrogen) atoms. The first kappa shape index (κ1) is 13.7. The van der Waals surface area contributed by atoms with Gasteiger partial charge in [-0.15, -0.1) is 0 Å². The van der Waals surface area contributed by atoms with Crippen LogP contribution < -0.4 is 0 Å². The summed E-state index contributed by atoms with van der Waals surface area (Å²) >= 11 is 5.81. The summed E-state index contributed by atoms with van der Waals surface area (Å²) in [7, 11) is 0. The van der Waals surface area contributed by atoms with Gasteiger partial charge in [-0.2, -0.15) is 0 Å². The van der Waals surface area contributed by atoms with Crippen molar-refractivity contribution in [1.82, 2.24) is 4.90 Å². The lowest BCUT2D eigenvalue weighted by Gasteiger charge is -2.38. The fourth-order valence-corrected chi connectivity index (χ4v) is 2.60. The lowest BCUT2D eigenvalue weighted by atomic mass is 9.73. The van der Waals surface area contributed by atoms with Crippen LogP contribution in [0.15, 0.2) is 24.3 Å². The molecule has 2 N–H and O–H groups in total. The number of hydrogen-bond acceptors (Lipinski definition) is 2. The standard InChI is InChI=1S/C13H14ClNO4/c14-10-3-1-9(2-4-10)13(11(16)17)5-7-15(8-6-13)12(18)19/h1-4H,5-8H2,(H,16,17)(H,18,19). The summed E-state index contributed by atoms with van der Waals surface area (Å²) in [4.78, 5) is 23.8. The summed E-state index contributed by atoms with van der Waals surface area (Å²) in [6.45, 7) is 0.453. The van der Waals surface area contributed by atoms with Crippen molar-refractivity contribution >= 4 is 23.7 Å². The van der Waals surface area contributed by atoms with Crippen LogP contribution in [0.1, 0.15) is 18.4 Å². The Bertz CT molecular complexity index is 492. The first-order valence-electron chi connectivity index (χ1n) is 5.93. The van der Waals surface area contributed by atoms with Crippen molar-refractivity contribution in [3.63, 3.8) is 0 Å². The highest BCUT2D eigenvalue weighted by Crippen LogP contribution is 2.36. The molecule has 1 aromatic carbocycles. The van der Waals surface area contributed by atoms with Gasteiger partial charge in [0.2, 0.25) is 0 Å². The summed E-state index contributed by atoms with van der Waals surface area (Å²) in [6, 6.07) is 6.72. The fourth-order valence-electron chi connectivity index (χ4n) is 2.47. The first-order valence-corrected chi connectivity index (χ1v) is 6.31. The molecular weight excluding hydrogens is 270 g/mol. The van der Waals surface area contributed by atoms with E-state index >= 15 is 0 Å². The molecule has 1 aromatic rings. The number of benzene rings is 1. The minimum absolute atomic E-state index is 0.226. The predicted molar refractivity (Wildman–Crippen MR) is 69.6 cm³/mol. The lowest BCUT2D eigenvalue weighted by molar-refractivity contribution is -0.145. The zero-order valence-electron chi connectivity index (χ0n) is 10.2. The Labute approximate surface area is 115 Å². The van der Waals surface area contributed by atoms with Crippen LogP contribution in [0.4, 0.5) is 4.79 Å². The Morgan fingerprint density at radius 3 is 2.05 bits per heavy atom. The van der Waals surface area contributed by atoms with Crippen molar-refractivity contribution in [3.05, 3.63) is 34.9 Å². The van der Waals surface area contributed by atoms with Gasteiger partial charge >= 0.3 is 12.1 Å². The van der Waals surface area contributed by atoms with Crippen molar-refractivity contribution in [2.24, 2.45) is 0 Å². The number of piperidine rings is 1. The minimum Gasteiger partial charge on any atom is -0.481 e. The molecule has 102 valence electrons. The Morgan fingerprint density at radius 1 is 1.11 bits per heavy atom. The SMILES string of the molecule is O=C(O)N1CCC(C(=O)O)(c2ccc(Cl)cc2)CC1. The topological polar surface area (TPSA) is 77.8 Å².